The standard InChI is InChI=1S/C31H42FN3O5/c1-31(2,38-3)27-17-25-21(19-40-27)15-22(32)16-26(25)28(30(36)37)35-13-11-24(18-35)39-14-5-4-8-23-10-9-20-7-6-12-33-29(20)34-23/h9-10,15-16,24,27-28H,4-8,11-14,17-19H2,1-3H3,(H,33,34)(H,36,37)/t24-,27?,28-/m1/s1. The smallest absolute Gasteiger partial charge is 0.325 e. The van der Waals surface area contributed by atoms with E-state index >= 15 is 0 Å². The highest BCUT2D eigenvalue weighted by atomic mass is 19.1. The topological polar surface area (TPSA) is 93.2 Å². The predicted molar refractivity (Wildman–Crippen MR) is 150 cm³/mol. The molecule has 8 nitrogen and oxygen atoms in total. The zero-order chi connectivity index (χ0) is 28.3. The van der Waals surface area contributed by atoms with Gasteiger partial charge in [0, 0.05) is 45.5 Å². The summed E-state index contributed by atoms with van der Waals surface area (Å²) >= 11 is 0. The van der Waals surface area contributed by atoms with Crippen molar-refractivity contribution >= 4 is 11.8 Å². The number of rotatable bonds is 11. The lowest BCUT2D eigenvalue weighted by Crippen LogP contribution is -2.44. The summed E-state index contributed by atoms with van der Waals surface area (Å²) in [6, 6.07) is 6.22. The third kappa shape index (κ3) is 6.48. The molecule has 3 atom stereocenters. The molecule has 1 unspecified atom stereocenters. The van der Waals surface area contributed by atoms with Gasteiger partial charge >= 0.3 is 5.97 Å². The lowest BCUT2D eigenvalue weighted by Gasteiger charge is -2.38. The van der Waals surface area contributed by atoms with E-state index in [-0.39, 0.29) is 18.8 Å². The van der Waals surface area contributed by atoms with Gasteiger partial charge in [-0.05, 0) is 92.8 Å². The van der Waals surface area contributed by atoms with Crippen LogP contribution >= 0.6 is 0 Å². The maximum absolute atomic E-state index is 14.7. The van der Waals surface area contributed by atoms with E-state index in [0.29, 0.717) is 37.2 Å². The molecule has 2 aromatic rings. The number of hydrogen-bond donors (Lipinski definition) is 2. The van der Waals surface area contributed by atoms with E-state index in [1.165, 1.54) is 17.7 Å². The molecule has 0 amide bonds. The second-order valence-corrected chi connectivity index (χ2v) is 11.8. The van der Waals surface area contributed by atoms with Gasteiger partial charge < -0.3 is 24.6 Å². The molecule has 5 rings (SSSR count). The van der Waals surface area contributed by atoms with Crippen LogP contribution in [0, 0.1) is 5.82 Å². The number of hydrogen-bond acceptors (Lipinski definition) is 7. The fourth-order valence-electron chi connectivity index (χ4n) is 6.13. The van der Waals surface area contributed by atoms with Gasteiger partial charge in [-0.1, -0.05) is 6.07 Å². The van der Waals surface area contributed by atoms with E-state index in [1.54, 1.807) is 7.11 Å². The van der Waals surface area contributed by atoms with Crippen LogP contribution in [0.25, 0.3) is 0 Å². The SMILES string of the molecule is COC(C)(C)C1Cc2c(cc(F)cc2[C@H](C(=O)O)N2CC[C@@H](OCCCCc3ccc4c(n3)NCCC4)C2)CO1. The van der Waals surface area contributed by atoms with Gasteiger partial charge in [-0.2, -0.15) is 0 Å². The summed E-state index contributed by atoms with van der Waals surface area (Å²) in [6.07, 6.45) is 5.98. The molecule has 1 saturated heterocycles. The molecule has 0 aliphatic carbocycles. The van der Waals surface area contributed by atoms with Crippen molar-refractivity contribution in [2.75, 3.05) is 38.7 Å². The maximum atomic E-state index is 14.7. The van der Waals surface area contributed by atoms with Gasteiger partial charge in [-0.3, -0.25) is 9.69 Å². The van der Waals surface area contributed by atoms with Crippen LogP contribution in [0.4, 0.5) is 10.2 Å². The Labute approximate surface area is 236 Å². The third-order valence-corrected chi connectivity index (χ3v) is 8.68. The summed E-state index contributed by atoms with van der Waals surface area (Å²) in [5, 5.41) is 13.7. The van der Waals surface area contributed by atoms with Gasteiger partial charge in [0.05, 0.1) is 24.4 Å². The van der Waals surface area contributed by atoms with Crippen molar-refractivity contribution in [1.82, 2.24) is 9.88 Å². The molecule has 9 heteroatoms. The number of fused-ring (bicyclic) bond motifs is 2. The molecule has 1 aromatic carbocycles. The minimum absolute atomic E-state index is 0.0409. The molecule has 4 heterocycles. The van der Waals surface area contributed by atoms with Crippen LogP contribution in [0.3, 0.4) is 0 Å². The van der Waals surface area contributed by atoms with Gasteiger partial charge in [-0.15, -0.1) is 0 Å². The number of nitrogens with one attached hydrogen (secondary N) is 1. The summed E-state index contributed by atoms with van der Waals surface area (Å²) in [5.74, 6) is -0.386. The molecule has 3 aliphatic heterocycles. The number of halogens is 1. The van der Waals surface area contributed by atoms with E-state index in [1.807, 2.05) is 18.7 Å². The number of nitrogens with zero attached hydrogens (tertiary/aromatic N) is 2. The Bertz CT molecular complexity index is 1210. The lowest BCUT2D eigenvalue weighted by atomic mass is 9.85. The molecule has 2 N–H and O–H groups in total. The molecule has 0 radical (unpaired) electrons. The monoisotopic (exact) mass is 555 g/mol. The van der Waals surface area contributed by atoms with Gasteiger partial charge in [0.2, 0.25) is 0 Å². The molecule has 40 heavy (non-hydrogen) atoms. The predicted octanol–water partition coefficient (Wildman–Crippen LogP) is 4.68. The summed E-state index contributed by atoms with van der Waals surface area (Å²) in [7, 11) is 1.64. The minimum Gasteiger partial charge on any atom is -0.480 e. The number of benzene rings is 1. The number of pyridine rings is 1. The Kier molecular flexibility index (Phi) is 9.05. The normalized spacial score (nSPS) is 21.9. The second kappa shape index (κ2) is 12.5. The average Bonchev–Trinajstić information content (AvgIpc) is 3.40. The Morgan fingerprint density at radius 1 is 1.30 bits per heavy atom. The van der Waals surface area contributed by atoms with E-state index in [9.17, 15) is 14.3 Å². The van der Waals surface area contributed by atoms with E-state index in [2.05, 4.69) is 17.4 Å². The third-order valence-electron chi connectivity index (χ3n) is 8.68. The first-order valence-electron chi connectivity index (χ1n) is 14.5. The van der Waals surface area contributed by atoms with Crippen molar-refractivity contribution < 1.29 is 28.5 Å². The van der Waals surface area contributed by atoms with Crippen molar-refractivity contribution in [1.29, 1.82) is 0 Å². The van der Waals surface area contributed by atoms with Crippen molar-refractivity contribution in [3.8, 4) is 0 Å². The summed E-state index contributed by atoms with van der Waals surface area (Å²) < 4.78 is 32.4. The number of methoxy groups -OCH3 is 1. The number of aromatic nitrogens is 1. The molecular formula is C31H42FN3O5. The van der Waals surface area contributed by atoms with Crippen LogP contribution in [0.15, 0.2) is 24.3 Å². The molecule has 218 valence electrons. The van der Waals surface area contributed by atoms with Crippen LogP contribution < -0.4 is 5.32 Å². The fourth-order valence-corrected chi connectivity index (χ4v) is 6.13. The van der Waals surface area contributed by atoms with E-state index in [0.717, 1.165) is 62.1 Å². The van der Waals surface area contributed by atoms with Crippen LogP contribution in [-0.4, -0.2) is 72.1 Å². The number of carbonyl (C=O) groups is 1. The summed E-state index contributed by atoms with van der Waals surface area (Å²) in [5.41, 5.74) is 3.92. The highest BCUT2D eigenvalue weighted by molar-refractivity contribution is 5.76. The number of carboxylic acid groups (broad SMARTS) is 1. The van der Waals surface area contributed by atoms with Gasteiger partial charge in [-0.25, -0.2) is 9.37 Å². The molecule has 1 fully saturated rings. The van der Waals surface area contributed by atoms with Crippen LogP contribution in [0.1, 0.15) is 73.5 Å². The van der Waals surface area contributed by atoms with Gasteiger partial charge in [0.25, 0.3) is 0 Å². The number of aliphatic carboxylic acids is 1. The van der Waals surface area contributed by atoms with Crippen LogP contribution in [0.2, 0.25) is 0 Å². The average molecular weight is 556 g/mol. The lowest BCUT2D eigenvalue weighted by molar-refractivity contribution is -0.143. The fraction of sp³-hybridized carbons (Fsp3) is 0.613. The Hall–Kier alpha value is -2.59. The van der Waals surface area contributed by atoms with Gasteiger partial charge in [0.15, 0.2) is 0 Å². The Morgan fingerprint density at radius 2 is 2.15 bits per heavy atom. The van der Waals surface area contributed by atoms with Gasteiger partial charge in [0.1, 0.15) is 17.7 Å². The molecule has 1 aromatic heterocycles. The Balaban J connectivity index is 1.17. The quantitative estimate of drug-likeness (QED) is 0.386. The van der Waals surface area contributed by atoms with Crippen molar-refractivity contribution in [2.45, 2.75) is 89.3 Å². The number of aryl methyl sites for hydroxylation is 2. The number of carboxylic acids is 1. The van der Waals surface area contributed by atoms with E-state index in [4.69, 9.17) is 19.2 Å². The van der Waals surface area contributed by atoms with Crippen molar-refractivity contribution in [3.05, 3.63) is 58.0 Å². The maximum Gasteiger partial charge on any atom is 0.325 e. The van der Waals surface area contributed by atoms with Crippen molar-refractivity contribution in [3.63, 3.8) is 0 Å². The molecule has 3 aliphatic rings. The zero-order valence-corrected chi connectivity index (χ0v) is 23.9. The molecule has 0 bridgehead atoms. The molecular weight excluding hydrogens is 513 g/mol. The Morgan fingerprint density at radius 3 is 2.95 bits per heavy atom. The summed E-state index contributed by atoms with van der Waals surface area (Å²) in [4.78, 5) is 19.3. The largest absolute Gasteiger partial charge is 0.480 e. The molecule has 0 saturated carbocycles. The van der Waals surface area contributed by atoms with Crippen LogP contribution in [0.5, 0.6) is 0 Å². The molecule has 0 spiro atoms. The minimum atomic E-state index is -0.977. The van der Waals surface area contributed by atoms with Crippen molar-refractivity contribution in [2.24, 2.45) is 0 Å². The van der Waals surface area contributed by atoms with Crippen LogP contribution in [-0.2, 0) is 44.9 Å². The first kappa shape index (κ1) is 28.9. The zero-order valence-electron chi connectivity index (χ0n) is 23.9. The number of unbranched alkanes of at least 4 members (excludes halogenated alkanes) is 1. The number of ether oxygens (including phenoxy) is 3. The first-order chi connectivity index (χ1) is 19.2. The number of anilines is 1. The number of likely N-dealkylation sites (tertiary alicyclic amines) is 1. The highest BCUT2D eigenvalue weighted by Gasteiger charge is 2.40. The highest BCUT2D eigenvalue weighted by Crippen LogP contribution is 2.36. The first-order valence-corrected chi connectivity index (χ1v) is 14.5. The summed E-state index contributed by atoms with van der Waals surface area (Å²) in [6.45, 7) is 6.83. The second-order valence-electron chi connectivity index (χ2n) is 11.8. The van der Waals surface area contributed by atoms with E-state index < -0.39 is 23.4 Å².